The number of piperidine rings is 1. The lowest BCUT2D eigenvalue weighted by atomic mass is 9.97. The Bertz CT molecular complexity index is 688. The lowest BCUT2D eigenvalue weighted by molar-refractivity contribution is 0.102. The Balaban J connectivity index is 1.63. The minimum Gasteiger partial charge on any atom is -0.372 e. The van der Waals surface area contributed by atoms with Gasteiger partial charge in [-0.3, -0.25) is 10.1 Å². The van der Waals surface area contributed by atoms with Gasteiger partial charge in [-0.1, -0.05) is 0 Å². The third-order valence-corrected chi connectivity index (χ3v) is 5.82. The molecule has 1 aliphatic rings. The molecule has 25 heavy (non-hydrogen) atoms. The van der Waals surface area contributed by atoms with Gasteiger partial charge in [0, 0.05) is 35.4 Å². The van der Waals surface area contributed by atoms with Crippen LogP contribution in [-0.4, -0.2) is 37.1 Å². The van der Waals surface area contributed by atoms with Gasteiger partial charge in [0.15, 0.2) is 5.13 Å². The van der Waals surface area contributed by atoms with Crippen molar-refractivity contribution in [3.63, 3.8) is 0 Å². The van der Waals surface area contributed by atoms with Gasteiger partial charge in [0.2, 0.25) is 0 Å². The van der Waals surface area contributed by atoms with Crippen molar-refractivity contribution >= 4 is 28.1 Å². The normalized spacial score (nSPS) is 15.1. The summed E-state index contributed by atoms with van der Waals surface area (Å²) in [6, 6.07) is 7.77. The van der Waals surface area contributed by atoms with Crippen molar-refractivity contribution in [2.75, 3.05) is 36.4 Å². The fraction of sp³-hybridized carbons (Fsp3) is 0.474. The first-order valence-corrected chi connectivity index (χ1v) is 9.85. The third kappa shape index (κ3) is 4.38. The number of nitrogens with one attached hydrogen (secondary N) is 2. The molecule has 1 saturated heterocycles. The zero-order valence-electron chi connectivity index (χ0n) is 14.9. The number of hydrogen-bond donors (Lipinski definition) is 2. The minimum atomic E-state index is -0.0997. The van der Waals surface area contributed by atoms with E-state index in [9.17, 15) is 4.79 Å². The Morgan fingerprint density at radius 1 is 1.24 bits per heavy atom. The van der Waals surface area contributed by atoms with Crippen molar-refractivity contribution in [1.29, 1.82) is 0 Å². The smallest absolute Gasteiger partial charge is 0.257 e. The maximum absolute atomic E-state index is 12.5. The molecule has 2 aromatic rings. The van der Waals surface area contributed by atoms with Crippen LogP contribution < -0.4 is 15.5 Å². The molecule has 0 aliphatic carbocycles. The molecule has 1 fully saturated rings. The summed E-state index contributed by atoms with van der Waals surface area (Å²) in [5.41, 5.74) is 1.80. The van der Waals surface area contributed by atoms with Crippen LogP contribution in [0.25, 0.3) is 0 Å². The number of carbonyl (C=O) groups is 1. The Morgan fingerprint density at radius 3 is 2.56 bits per heavy atom. The van der Waals surface area contributed by atoms with E-state index in [0.717, 1.165) is 44.7 Å². The van der Waals surface area contributed by atoms with Crippen molar-refractivity contribution in [2.24, 2.45) is 0 Å². The molecule has 3 rings (SSSR count). The van der Waals surface area contributed by atoms with Gasteiger partial charge in [0.25, 0.3) is 5.91 Å². The number of rotatable bonds is 6. The first-order valence-electron chi connectivity index (χ1n) is 9.04. The summed E-state index contributed by atoms with van der Waals surface area (Å²) >= 11 is 1.60. The van der Waals surface area contributed by atoms with Crippen LogP contribution in [0.15, 0.2) is 30.5 Å². The molecule has 0 atom stereocenters. The molecule has 1 aromatic heterocycles. The van der Waals surface area contributed by atoms with Gasteiger partial charge in [0.05, 0.1) is 0 Å². The molecule has 0 saturated carbocycles. The highest BCUT2D eigenvalue weighted by molar-refractivity contribution is 7.15. The molecule has 1 aromatic carbocycles. The van der Waals surface area contributed by atoms with Crippen LogP contribution >= 0.6 is 11.3 Å². The predicted octanol–water partition coefficient (Wildman–Crippen LogP) is 3.71. The van der Waals surface area contributed by atoms with Crippen molar-refractivity contribution in [3.05, 3.63) is 40.9 Å². The van der Waals surface area contributed by atoms with Gasteiger partial charge in [0.1, 0.15) is 0 Å². The van der Waals surface area contributed by atoms with E-state index in [2.05, 4.69) is 34.4 Å². The molecule has 0 radical (unpaired) electrons. The lowest BCUT2D eigenvalue weighted by Crippen LogP contribution is -2.26. The molecule has 1 amide bonds. The number of amides is 1. The van der Waals surface area contributed by atoms with Gasteiger partial charge in [-0.2, -0.15) is 0 Å². The number of thiazole rings is 1. The minimum absolute atomic E-state index is 0.0997. The van der Waals surface area contributed by atoms with Crippen LogP contribution in [0, 0.1) is 0 Å². The second kappa shape index (κ2) is 8.45. The number of carbonyl (C=O) groups excluding carboxylic acids is 1. The zero-order chi connectivity index (χ0) is 17.6. The topological polar surface area (TPSA) is 57.3 Å². The number of benzene rings is 1. The second-order valence-corrected chi connectivity index (χ2v) is 7.33. The molecule has 0 unspecified atom stereocenters. The number of anilines is 2. The van der Waals surface area contributed by atoms with Crippen LogP contribution in [0.1, 0.15) is 47.8 Å². The third-order valence-electron chi connectivity index (χ3n) is 4.74. The average Bonchev–Trinajstić information content (AvgIpc) is 3.12. The SMILES string of the molecule is CCN(CC)c1ccc(C(=O)Nc2ncc(C3CCNCC3)s2)cc1. The second-order valence-electron chi connectivity index (χ2n) is 6.27. The van der Waals surface area contributed by atoms with E-state index in [0.29, 0.717) is 16.6 Å². The summed E-state index contributed by atoms with van der Waals surface area (Å²) in [7, 11) is 0. The molecule has 6 heteroatoms. The van der Waals surface area contributed by atoms with Crippen LogP contribution in [0.5, 0.6) is 0 Å². The molecular weight excluding hydrogens is 332 g/mol. The summed E-state index contributed by atoms with van der Waals surface area (Å²) in [6.07, 6.45) is 4.20. The standard InChI is InChI=1S/C19H26N4OS/c1-3-23(4-2)16-7-5-15(6-8-16)18(24)22-19-21-13-17(25-19)14-9-11-20-12-10-14/h5-8,13-14,20H,3-4,9-12H2,1-2H3,(H,21,22,24). The summed E-state index contributed by atoms with van der Waals surface area (Å²) in [5, 5.41) is 7.00. The van der Waals surface area contributed by atoms with Gasteiger partial charge in [-0.15, -0.1) is 11.3 Å². The lowest BCUT2D eigenvalue weighted by Gasteiger charge is -2.21. The van der Waals surface area contributed by atoms with Crippen LogP contribution in [-0.2, 0) is 0 Å². The summed E-state index contributed by atoms with van der Waals surface area (Å²) in [4.78, 5) is 20.4. The zero-order valence-corrected chi connectivity index (χ0v) is 15.7. The van der Waals surface area contributed by atoms with E-state index in [4.69, 9.17) is 0 Å². The number of nitrogens with zero attached hydrogens (tertiary/aromatic N) is 2. The van der Waals surface area contributed by atoms with Crippen molar-refractivity contribution < 1.29 is 4.79 Å². The van der Waals surface area contributed by atoms with E-state index < -0.39 is 0 Å². The van der Waals surface area contributed by atoms with E-state index in [-0.39, 0.29) is 5.91 Å². The highest BCUT2D eigenvalue weighted by atomic mass is 32.1. The Labute approximate surface area is 153 Å². The molecule has 2 heterocycles. The highest BCUT2D eigenvalue weighted by Crippen LogP contribution is 2.31. The maximum Gasteiger partial charge on any atom is 0.257 e. The average molecular weight is 359 g/mol. The van der Waals surface area contributed by atoms with Gasteiger partial charge in [-0.25, -0.2) is 4.98 Å². The predicted molar refractivity (Wildman–Crippen MR) is 105 cm³/mol. The van der Waals surface area contributed by atoms with Crippen molar-refractivity contribution in [1.82, 2.24) is 10.3 Å². The molecular formula is C19H26N4OS. The van der Waals surface area contributed by atoms with Crippen molar-refractivity contribution in [2.45, 2.75) is 32.6 Å². The maximum atomic E-state index is 12.5. The van der Waals surface area contributed by atoms with Gasteiger partial charge >= 0.3 is 0 Å². The molecule has 0 spiro atoms. The Morgan fingerprint density at radius 2 is 1.92 bits per heavy atom. The molecule has 134 valence electrons. The first-order chi connectivity index (χ1) is 12.2. The molecule has 5 nitrogen and oxygen atoms in total. The van der Waals surface area contributed by atoms with Crippen LogP contribution in [0.3, 0.4) is 0 Å². The summed E-state index contributed by atoms with van der Waals surface area (Å²) < 4.78 is 0. The van der Waals surface area contributed by atoms with E-state index >= 15 is 0 Å². The highest BCUT2D eigenvalue weighted by Gasteiger charge is 2.18. The Kier molecular flexibility index (Phi) is 6.04. The number of hydrogen-bond acceptors (Lipinski definition) is 5. The van der Waals surface area contributed by atoms with Crippen LogP contribution in [0.2, 0.25) is 0 Å². The van der Waals surface area contributed by atoms with Gasteiger partial charge < -0.3 is 10.2 Å². The Hall–Kier alpha value is -1.92. The monoisotopic (exact) mass is 358 g/mol. The van der Waals surface area contributed by atoms with E-state index in [1.54, 1.807) is 11.3 Å². The quantitative estimate of drug-likeness (QED) is 0.826. The largest absolute Gasteiger partial charge is 0.372 e. The number of aromatic nitrogens is 1. The van der Waals surface area contributed by atoms with Crippen LogP contribution in [0.4, 0.5) is 10.8 Å². The molecule has 1 aliphatic heterocycles. The van der Waals surface area contributed by atoms with E-state index in [1.807, 2.05) is 30.5 Å². The molecule has 0 bridgehead atoms. The fourth-order valence-electron chi connectivity index (χ4n) is 3.22. The fourth-order valence-corrected chi connectivity index (χ4v) is 4.20. The van der Waals surface area contributed by atoms with Gasteiger partial charge in [-0.05, 0) is 70.0 Å². The van der Waals surface area contributed by atoms with Crippen molar-refractivity contribution in [3.8, 4) is 0 Å². The molecule has 2 N–H and O–H groups in total. The summed E-state index contributed by atoms with van der Waals surface area (Å²) in [5.74, 6) is 0.468. The summed E-state index contributed by atoms with van der Waals surface area (Å²) in [6.45, 7) is 8.30. The first kappa shape index (κ1) is 17.9. The van der Waals surface area contributed by atoms with E-state index in [1.165, 1.54) is 4.88 Å².